The fourth-order valence-corrected chi connectivity index (χ4v) is 11.5. The molecule has 0 bridgehead atoms. The average Bonchev–Trinajstić information content (AvgIpc) is 4.38. The molecule has 2 aliphatic carbocycles. The maximum absolute atomic E-state index is 6.77. The molecular weight excluding hydrogens is 889 g/mol. The Morgan fingerprint density at radius 1 is 0.417 bits per heavy atom. The normalized spacial score (nSPS) is 18.1. The van der Waals surface area contributed by atoms with E-state index in [1.807, 2.05) is 0 Å². The van der Waals surface area contributed by atoms with Crippen molar-refractivity contribution in [3.05, 3.63) is 250 Å². The van der Waals surface area contributed by atoms with Gasteiger partial charge in [-0.25, -0.2) is 0 Å². The van der Waals surface area contributed by atoms with Gasteiger partial charge in [0.25, 0.3) is 0 Å². The van der Waals surface area contributed by atoms with Gasteiger partial charge in [0.2, 0.25) is 0 Å². The highest BCUT2D eigenvalue weighted by Crippen LogP contribution is 2.58. The van der Waals surface area contributed by atoms with Crippen LogP contribution in [0.3, 0.4) is 0 Å². The summed E-state index contributed by atoms with van der Waals surface area (Å²) in [6.07, 6.45) is 0.415. The molecule has 0 N–H and O–H groups in total. The van der Waals surface area contributed by atoms with Gasteiger partial charge in [0.05, 0.1) is 55.1 Å². The highest BCUT2D eigenvalue weighted by molar-refractivity contribution is 5.87. The molecule has 6 heteroatoms. The van der Waals surface area contributed by atoms with E-state index in [1.165, 1.54) is 66.8 Å². The number of fused-ring (bicyclic) bond motifs is 6. The van der Waals surface area contributed by atoms with E-state index < -0.39 is 22.0 Å². The van der Waals surface area contributed by atoms with E-state index in [0.717, 1.165) is 35.8 Å². The molecule has 12 rings (SSSR count). The largest absolute Gasteiger partial charge is 0.493 e. The fourth-order valence-electron chi connectivity index (χ4n) is 11.5. The summed E-state index contributed by atoms with van der Waals surface area (Å²) in [5.74, 6) is 1.83. The molecule has 3 unspecified atom stereocenters. The summed E-state index contributed by atoms with van der Waals surface area (Å²) in [6, 6.07) is 71.0. The zero-order valence-corrected chi connectivity index (χ0v) is 41.9. The Balaban J connectivity index is 0.760. The van der Waals surface area contributed by atoms with Crippen molar-refractivity contribution in [2.45, 2.75) is 68.9 Å². The van der Waals surface area contributed by atoms with Gasteiger partial charge in [0, 0.05) is 5.92 Å². The smallest absolute Gasteiger partial charge is 0.119 e. The quantitative estimate of drug-likeness (QED) is 0.0799. The monoisotopic (exact) mass is 950 g/mol. The molecule has 3 atom stereocenters. The van der Waals surface area contributed by atoms with Crippen LogP contribution in [0, 0.1) is 5.92 Å². The van der Waals surface area contributed by atoms with Gasteiger partial charge in [-0.2, -0.15) is 0 Å². The Morgan fingerprint density at radius 2 is 0.750 bits per heavy atom. The Bertz CT molecular complexity index is 3130. The third kappa shape index (κ3) is 8.15. The number of ether oxygens (including phenoxy) is 6. The lowest BCUT2D eigenvalue weighted by Crippen LogP contribution is -2.29. The summed E-state index contributed by atoms with van der Waals surface area (Å²) in [4.78, 5) is 0. The van der Waals surface area contributed by atoms with Crippen molar-refractivity contribution in [3.63, 3.8) is 0 Å². The average molecular weight is 951 g/mol. The van der Waals surface area contributed by atoms with Crippen LogP contribution in [-0.2, 0) is 41.0 Å². The maximum atomic E-state index is 6.77. The number of hydrogen-bond donors (Lipinski definition) is 0. The molecule has 0 amide bonds. The van der Waals surface area contributed by atoms with Gasteiger partial charge in [0.15, 0.2) is 0 Å². The minimum absolute atomic E-state index is 0.144. The van der Waals surface area contributed by atoms with E-state index >= 15 is 0 Å². The van der Waals surface area contributed by atoms with Crippen LogP contribution in [-0.4, -0.2) is 51.8 Å². The Hall–Kier alpha value is -6.80. The minimum Gasteiger partial charge on any atom is -0.493 e. The van der Waals surface area contributed by atoms with Gasteiger partial charge in [0.1, 0.15) is 30.3 Å². The molecule has 4 aliphatic rings. The zero-order valence-electron chi connectivity index (χ0n) is 41.9. The third-order valence-electron chi connectivity index (χ3n) is 15.6. The summed E-state index contributed by atoms with van der Waals surface area (Å²) >= 11 is 0. The van der Waals surface area contributed by atoms with Crippen LogP contribution in [0.2, 0.25) is 0 Å². The number of epoxide rings is 2. The summed E-state index contributed by atoms with van der Waals surface area (Å²) in [6.45, 7) is 14.6. The lowest BCUT2D eigenvalue weighted by atomic mass is 9.67. The van der Waals surface area contributed by atoms with Crippen molar-refractivity contribution < 1.29 is 28.4 Å². The van der Waals surface area contributed by atoms with Gasteiger partial charge in [-0.15, -0.1) is 0 Å². The van der Waals surface area contributed by atoms with Crippen LogP contribution in [0.5, 0.6) is 11.5 Å². The first kappa shape index (κ1) is 46.3. The fraction of sp³-hybridized carbons (Fsp3) is 0.273. The molecule has 8 aromatic carbocycles. The molecule has 6 nitrogen and oxygen atoms in total. The molecule has 8 aromatic rings. The van der Waals surface area contributed by atoms with Gasteiger partial charge >= 0.3 is 0 Å². The van der Waals surface area contributed by atoms with Gasteiger partial charge < -0.3 is 28.4 Å². The molecule has 2 saturated heterocycles. The summed E-state index contributed by atoms with van der Waals surface area (Å²) in [7, 11) is 0. The van der Waals surface area contributed by atoms with E-state index in [2.05, 4.69) is 229 Å². The van der Waals surface area contributed by atoms with E-state index in [4.69, 9.17) is 28.4 Å². The molecule has 0 saturated carbocycles. The first-order valence-corrected chi connectivity index (χ1v) is 25.6. The Labute approximate surface area is 424 Å². The predicted octanol–water partition coefficient (Wildman–Crippen LogP) is 13.8. The van der Waals surface area contributed by atoms with Crippen molar-refractivity contribution in [1.82, 2.24) is 0 Å². The molecule has 0 aromatic heterocycles. The zero-order chi connectivity index (χ0) is 49.1. The summed E-state index contributed by atoms with van der Waals surface area (Å²) in [5.41, 5.74) is 15.3. The van der Waals surface area contributed by atoms with Crippen molar-refractivity contribution >= 4 is 0 Å². The number of hydrogen-bond acceptors (Lipinski definition) is 6. The molecule has 2 fully saturated rings. The van der Waals surface area contributed by atoms with E-state index in [-0.39, 0.29) is 18.1 Å². The highest BCUT2D eigenvalue weighted by Gasteiger charge is 2.48. The summed E-state index contributed by atoms with van der Waals surface area (Å²) < 4.78 is 36.6. The Morgan fingerprint density at radius 3 is 1.14 bits per heavy atom. The molecule has 0 spiro atoms. The maximum Gasteiger partial charge on any atom is 0.119 e. The van der Waals surface area contributed by atoms with Crippen LogP contribution < -0.4 is 9.47 Å². The molecule has 362 valence electrons. The van der Waals surface area contributed by atoms with Gasteiger partial charge in [-0.1, -0.05) is 177 Å². The number of rotatable bonds is 18. The Kier molecular flexibility index (Phi) is 11.8. The van der Waals surface area contributed by atoms with Crippen molar-refractivity contribution in [2.75, 3.05) is 39.6 Å². The SMILES string of the molecule is CC(COc1ccc(C2(c3ccc(C(C)(C)OCC4CO4)cc3)c3ccccc3-c3ccccc32)cc1)COC(C)(C)c1ccc(C2(c3ccc(OCC4CO4)cc3)c3ccccc3-c3ccccc32)cc1. The van der Waals surface area contributed by atoms with E-state index in [0.29, 0.717) is 26.4 Å². The first-order chi connectivity index (χ1) is 35.1. The molecule has 2 aliphatic heterocycles. The van der Waals surface area contributed by atoms with Crippen LogP contribution in [0.15, 0.2) is 194 Å². The topological polar surface area (TPSA) is 62.0 Å². The van der Waals surface area contributed by atoms with Crippen molar-refractivity contribution in [2.24, 2.45) is 5.92 Å². The number of benzene rings is 8. The van der Waals surface area contributed by atoms with E-state index in [9.17, 15) is 0 Å². The second kappa shape index (κ2) is 18.4. The standard InChI is InChI=1S/C66H62O6/c1-44(38-67-51-34-30-49(31-35-51)65(59-18-10-6-14-55(59)56-15-7-11-19-60(56)65)48-28-24-46(25-29-48)64(4,5)72-43-54-42-70-54)39-71-63(2,3)45-22-26-47(27-23-45)66(50-32-36-52(37-33-50)68-40-53-41-69-53)61-20-12-8-16-57(61)58-17-9-13-21-62(58)66/h6-37,44,53-54H,38-43H2,1-5H3. The third-order valence-corrected chi connectivity index (χ3v) is 15.6. The van der Waals surface area contributed by atoms with Gasteiger partial charge in [-0.05, 0) is 130 Å². The first-order valence-electron chi connectivity index (χ1n) is 25.6. The predicted molar refractivity (Wildman–Crippen MR) is 285 cm³/mol. The molecule has 0 radical (unpaired) electrons. The van der Waals surface area contributed by atoms with Crippen molar-refractivity contribution in [1.29, 1.82) is 0 Å². The van der Waals surface area contributed by atoms with Crippen LogP contribution in [0.1, 0.15) is 90.3 Å². The lowest BCUT2D eigenvalue weighted by molar-refractivity contribution is -0.0427. The van der Waals surface area contributed by atoms with Crippen LogP contribution in [0.4, 0.5) is 0 Å². The van der Waals surface area contributed by atoms with Crippen LogP contribution >= 0.6 is 0 Å². The van der Waals surface area contributed by atoms with Gasteiger partial charge in [-0.3, -0.25) is 0 Å². The van der Waals surface area contributed by atoms with Crippen LogP contribution in [0.25, 0.3) is 22.3 Å². The minimum atomic E-state index is -0.536. The molecule has 72 heavy (non-hydrogen) atoms. The second-order valence-corrected chi connectivity index (χ2v) is 21.2. The summed E-state index contributed by atoms with van der Waals surface area (Å²) in [5, 5.41) is 0. The van der Waals surface area contributed by atoms with Crippen molar-refractivity contribution in [3.8, 4) is 33.8 Å². The van der Waals surface area contributed by atoms with E-state index in [1.54, 1.807) is 0 Å². The molecular formula is C66H62O6. The lowest BCUT2D eigenvalue weighted by Gasteiger charge is -2.35. The molecule has 2 heterocycles. The highest BCUT2D eigenvalue weighted by atomic mass is 16.6. The second-order valence-electron chi connectivity index (χ2n) is 21.2.